The van der Waals surface area contributed by atoms with Gasteiger partial charge in [0.05, 0.1) is 12.7 Å². The molecule has 1 aromatic rings. The van der Waals surface area contributed by atoms with Gasteiger partial charge in [-0.25, -0.2) is 4.79 Å². The van der Waals surface area contributed by atoms with Gasteiger partial charge in [0.25, 0.3) is 5.91 Å². The lowest BCUT2D eigenvalue weighted by molar-refractivity contribution is 0.0599. The Balaban J connectivity index is 2.06. The van der Waals surface area contributed by atoms with Gasteiger partial charge in [0.2, 0.25) is 0 Å². The average molecular weight is 275 g/mol. The van der Waals surface area contributed by atoms with Crippen LogP contribution in [0.25, 0.3) is 0 Å². The molecule has 0 spiro atoms. The van der Waals surface area contributed by atoms with Crippen LogP contribution >= 0.6 is 0 Å². The van der Waals surface area contributed by atoms with Crippen LogP contribution in [0.15, 0.2) is 24.3 Å². The number of hydrogen-bond donors (Lipinski definition) is 0. The van der Waals surface area contributed by atoms with Crippen molar-refractivity contribution in [1.82, 2.24) is 4.90 Å². The van der Waals surface area contributed by atoms with E-state index in [2.05, 4.69) is 4.74 Å². The number of ether oxygens (including phenoxy) is 1. The van der Waals surface area contributed by atoms with Gasteiger partial charge < -0.3 is 9.64 Å². The maximum atomic E-state index is 12.4. The smallest absolute Gasteiger partial charge is 0.337 e. The van der Waals surface area contributed by atoms with Crippen molar-refractivity contribution in [1.29, 1.82) is 0 Å². The fourth-order valence-electron chi connectivity index (χ4n) is 2.70. The van der Waals surface area contributed by atoms with E-state index < -0.39 is 0 Å². The van der Waals surface area contributed by atoms with Crippen molar-refractivity contribution in [3.05, 3.63) is 35.4 Å². The Morgan fingerprint density at radius 2 is 1.60 bits per heavy atom. The molecule has 1 amide bonds. The SMILES string of the molecule is COC(=O)c1ccc(C(=O)N(C)C2CCCCC2)cc1. The normalized spacial score (nSPS) is 15.7. The molecule has 1 fully saturated rings. The molecule has 1 aromatic carbocycles. The van der Waals surface area contributed by atoms with E-state index >= 15 is 0 Å². The summed E-state index contributed by atoms with van der Waals surface area (Å²) in [5.41, 5.74) is 1.08. The van der Waals surface area contributed by atoms with Crippen molar-refractivity contribution in [2.75, 3.05) is 14.2 Å². The summed E-state index contributed by atoms with van der Waals surface area (Å²) in [6.07, 6.45) is 5.84. The zero-order valence-corrected chi connectivity index (χ0v) is 12.1. The van der Waals surface area contributed by atoms with Gasteiger partial charge in [0.1, 0.15) is 0 Å². The first-order valence-electron chi connectivity index (χ1n) is 7.09. The van der Waals surface area contributed by atoms with Crippen LogP contribution in [-0.2, 0) is 4.74 Å². The van der Waals surface area contributed by atoms with E-state index in [1.165, 1.54) is 26.4 Å². The van der Waals surface area contributed by atoms with Crippen LogP contribution in [0.2, 0.25) is 0 Å². The number of carbonyl (C=O) groups excluding carboxylic acids is 2. The minimum absolute atomic E-state index is 0.0216. The van der Waals surface area contributed by atoms with Gasteiger partial charge in [-0.3, -0.25) is 4.79 Å². The maximum Gasteiger partial charge on any atom is 0.337 e. The van der Waals surface area contributed by atoms with Crippen LogP contribution in [0.3, 0.4) is 0 Å². The van der Waals surface area contributed by atoms with Gasteiger partial charge in [0, 0.05) is 18.7 Å². The third-order valence-electron chi connectivity index (χ3n) is 4.00. The molecule has 4 heteroatoms. The Labute approximate surface area is 119 Å². The highest BCUT2D eigenvalue weighted by Gasteiger charge is 2.23. The van der Waals surface area contributed by atoms with Crippen molar-refractivity contribution in [2.24, 2.45) is 0 Å². The van der Waals surface area contributed by atoms with Gasteiger partial charge in [-0.1, -0.05) is 19.3 Å². The molecule has 2 rings (SSSR count). The Hall–Kier alpha value is -1.84. The molecule has 1 saturated carbocycles. The first-order valence-corrected chi connectivity index (χ1v) is 7.09. The van der Waals surface area contributed by atoms with Gasteiger partial charge >= 0.3 is 5.97 Å². The van der Waals surface area contributed by atoms with Crippen LogP contribution in [0.5, 0.6) is 0 Å². The second-order valence-corrected chi connectivity index (χ2v) is 5.28. The Kier molecular flexibility index (Phi) is 4.77. The van der Waals surface area contributed by atoms with E-state index in [-0.39, 0.29) is 11.9 Å². The molecule has 0 aliphatic heterocycles. The molecule has 0 bridgehead atoms. The second-order valence-electron chi connectivity index (χ2n) is 5.28. The summed E-state index contributed by atoms with van der Waals surface area (Å²) in [5, 5.41) is 0. The van der Waals surface area contributed by atoms with Crippen LogP contribution in [-0.4, -0.2) is 37.0 Å². The topological polar surface area (TPSA) is 46.6 Å². The summed E-state index contributed by atoms with van der Waals surface area (Å²) in [6.45, 7) is 0. The highest BCUT2D eigenvalue weighted by Crippen LogP contribution is 2.23. The van der Waals surface area contributed by atoms with E-state index in [0.29, 0.717) is 17.2 Å². The molecule has 0 saturated heterocycles. The fraction of sp³-hybridized carbons (Fsp3) is 0.500. The van der Waals surface area contributed by atoms with Gasteiger partial charge in [-0.15, -0.1) is 0 Å². The average Bonchev–Trinajstić information content (AvgIpc) is 2.53. The largest absolute Gasteiger partial charge is 0.465 e. The molecule has 4 nitrogen and oxygen atoms in total. The molecule has 108 valence electrons. The zero-order chi connectivity index (χ0) is 14.5. The van der Waals surface area contributed by atoms with Gasteiger partial charge in [0.15, 0.2) is 0 Å². The Morgan fingerprint density at radius 1 is 1.05 bits per heavy atom. The third-order valence-corrected chi connectivity index (χ3v) is 4.00. The summed E-state index contributed by atoms with van der Waals surface area (Å²) < 4.78 is 4.64. The second kappa shape index (κ2) is 6.55. The number of nitrogens with zero attached hydrogens (tertiary/aromatic N) is 1. The fourth-order valence-corrected chi connectivity index (χ4v) is 2.70. The molecule has 0 atom stereocenters. The van der Waals surface area contributed by atoms with Crippen molar-refractivity contribution in [3.8, 4) is 0 Å². The number of rotatable bonds is 3. The molecule has 0 N–H and O–H groups in total. The molecular weight excluding hydrogens is 254 g/mol. The van der Waals surface area contributed by atoms with E-state index in [1.807, 2.05) is 11.9 Å². The van der Waals surface area contributed by atoms with Crippen molar-refractivity contribution >= 4 is 11.9 Å². The lowest BCUT2D eigenvalue weighted by Gasteiger charge is -2.31. The molecule has 0 aromatic heterocycles. The van der Waals surface area contributed by atoms with Gasteiger partial charge in [-0.2, -0.15) is 0 Å². The lowest BCUT2D eigenvalue weighted by Crippen LogP contribution is -2.38. The van der Waals surface area contributed by atoms with Crippen LogP contribution in [0.1, 0.15) is 52.8 Å². The van der Waals surface area contributed by atoms with Crippen LogP contribution in [0.4, 0.5) is 0 Å². The highest BCUT2D eigenvalue weighted by atomic mass is 16.5. The monoisotopic (exact) mass is 275 g/mol. The minimum Gasteiger partial charge on any atom is -0.465 e. The maximum absolute atomic E-state index is 12.4. The zero-order valence-electron chi connectivity index (χ0n) is 12.1. The lowest BCUT2D eigenvalue weighted by atomic mass is 9.94. The number of benzene rings is 1. The predicted octanol–water partition coefficient (Wildman–Crippen LogP) is 2.88. The molecule has 1 aliphatic rings. The summed E-state index contributed by atoms with van der Waals surface area (Å²) in [7, 11) is 3.21. The van der Waals surface area contributed by atoms with Crippen molar-refractivity contribution < 1.29 is 14.3 Å². The number of hydrogen-bond acceptors (Lipinski definition) is 3. The van der Waals surface area contributed by atoms with E-state index in [1.54, 1.807) is 24.3 Å². The predicted molar refractivity (Wildman–Crippen MR) is 76.7 cm³/mol. The van der Waals surface area contributed by atoms with E-state index in [0.717, 1.165) is 12.8 Å². The highest BCUT2D eigenvalue weighted by molar-refractivity contribution is 5.96. The first-order chi connectivity index (χ1) is 9.63. The summed E-state index contributed by atoms with van der Waals surface area (Å²) >= 11 is 0. The minimum atomic E-state index is -0.385. The van der Waals surface area contributed by atoms with Crippen molar-refractivity contribution in [2.45, 2.75) is 38.1 Å². The van der Waals surface area contributed by atoms with Crippen LogP contribution in [0, 0.1) is 0 Å². The number of methoxy groups -OCH3 is 1. The summed E-state index contributed by atoms with van der Waals surface area (Å²) in [5.74, 6) is -0.363. The summed E-state index contributed by atoms with van der Waals surface area (Å²) in [6, 6.07) is 6.99. The number of carbonyl (C=O) groups is 2. The number of esters is 1. The van der Waals surface area contributed by atoms with E-state index in [4.69, 9.17) is 0 Å². The van der Waals surface area contributed by atoms with Crippen molar-refractivity contribution in [3.63, 3.8) is 0 Å². The first kappa shape index (κ1) is 14.6. The van der Waals surface area contributed by atoms with Crippen LogP contribution < -0.4 is 0 Å². The molecular formula is C16H21NO3. The molecule has 0 radical (unpaired) electrons. The third kappa shape index (κ3) is 3.18. The van der Waals surface area contributed by atoms with E-state index in [9.17, 15) is 9.59 Å². The summed E-state index contributed by atoms with van der Waals surface area (Å²) in [4.78, 5) is 25.6. The van der Waals surface area contributed by atoms with Gasteiger partial charge in [-0.05, 0) is 37.1 Å². The molecule has 0 unspecified atom stereocenters. The Morgan fingerprint density at radius 3 is 2.15 bits per heavy atom. The quantitative estimate of drug-likeness (QED) is 0.797. The number of amides is 1. The standard InChI is InChI=1S/C16H21NO3/c1-17(14-6-4-3-5-7-14)15(18)12-8-10-13(11-9-12)16(19)20-2/h8-11,14H,3-7H2,1-2H3. The Bertz CT molecular complexity index is 475. The molecule has 0 heterocycles. The molecule has 1 aliphatic carbocycles. The molecule has 20 heavy (non-hydrogen) atoms.